The fraction of sp³-hybridized carbons (Fsp3) is 0.238. The normalized spacial score (nSPS) is 16.9. The van der Waals surface area contributed by atoms with Gasteiger partial charge in [0.25, 0.3) is 0 Å². The Morgan fingerprint density at radius 2 is 1.96 bits per heavy atom. The third-order valence-corrected chi connectivity index (χ3v) is 4.80. The van der Waals surface area contributed by atoms with Crippen molar-refractivity contribution in [1.29, 1.82) is 0 Å². The van der Waals surface area contributed by atoms with Gasteiger partial charge in [0, 0.05) is 50.2 Å². The van der Waals surface area contributed by atoms with Crippen molar-refractivity contribution in [3.05, 3.63) is 84.1 Å². The van der Waals surface area contributed by atoms with Gasteiger partial charge in [-0.3, -0.25) is 4.79 Å². The maximum atomic E-state index is 13.0. The van der Waals surface area contributed by atoms with Gasteiger partial charge < -0.3 is 14.8 Å². The van der Waals surface area contributed by atoms with Crippen molar-refractivity contribution in [3.8, 4) is 5.82 Å². The third-order valence-electron chi connectivity index (χ3n) is 4.80. The SMILES string of the molecule is O=C1CC(NCc2cccn2-c2ccccn2)CN1Cc1ccc(F)cc1. The van der Waals surface area contributed by atoms with Crippen molar-refractivity contribution in [1.82, 2.24) is 19.8 Å². The fourth-order valence-electron chi connectivity index (χ4n) is 3.40. The smallest absolute Gasteiger partial charge is 0.224 e. The molecule has 1 atom stereocenters. The molecular weight excluding hydrogens is 343 g/mol. The van der Waals surface area contributed by atoms with Gasteiger partial charge in [-0.15, -0.1) is 0 Å². The lowest BCUT2D eigenvalue weighted by Gasteiger charge is -2.17. The second-order valence-corrected chi connectivity index (χ2v) is 6.74. The molecule has 138 valence electrons. The molecule has 1 aliphatic rings. The summed E-state index contributed by atoms with van der Waals surface area (Å²) in [4.78, 5) is 18.5. The largest absolute Gasteiger partial charge is 0.337 e. The number of hydrogen-bond donors (Lipinski definition) is 1. The van der Waals surface area contributed by atoms with Gasteiger partial charge in [-0.2, -0.15) is 0 Å². The predicted molar refractivity (Wildman–Crippen MR) is 101 cm³/mol. The van der Waals surface area contributed by atoms with E-state index >= 15 is 0 Å². The molecule has 1 aliphatic heterocycles. The molecule has 4 rings (SSSR count). The van der Waals surface area contributed by atoms with Crippen LogP contribution in [-0.4, -0.2) is 32.9 Å². The average Bonchev–Trinajstić information content (AvgIpc) is 3.29. The first-order valence-corrected chi connectivity index (χ1v) is 9.02. The summed E-state index contributed by atoms with van der Waals surface area (Å²) in [6, 6.07) is 16.3. The number of halogens is 1. The molecule has 3 aromatic rings. The summed E-state index contributed by atoms with van der Waals surface area (Å²) in [5, 5.41) is 3.48. The van der Waals surface area contributed by atoms with Crippen molar-refractivity contribution in [2.24, 2.45) is 0 Å². The van der Waals surface area contributed by atoms with Crippen LogP contribution in [0.3, 0.4) is 0 Å². The van der Waals surface area contributed by atoms with Crippen LogP contribution >= 0.6 is 0 Å². The van der Waals surface area contributed by atoms with E-state index in [-0.39, 0.29) is 17.8 Å². The standard InChI is InChI=1S/C21H21FN4O/c22-17-8-6-16(7-9-17)14-25-15-18(12-21(25)27)24-13-19-4-3-11-26(19)20-5-1-2-10-23-20/h1-11,18,24H,12-15H2. The molecule has 1 unspecified atom stereocenters. The Morgan fingerprint density at radius 1 is 1.11 bits per heavy atom. The topological polar surface area (TPSA) is 50.2 Å². The van der Waals surface area contributed by atoms with Gasteiger partial charge in [-0.25, -0.2) is 9.37 Å². The Bertz CT molecular complexity index is 907. The highest BCUT2D eigenvalue weighted by Gasteiger charge is 2.29. The van der Waals surface area contributed by atoms with Crippen LogP contribution in [0.4, 0.5) is 4.39 Å². The molecule has 6 heteroatoms. The number of carbonyl (C=O) groups is 1. The third kappa shape index (κ3) is 4.06. The number of carbonyl (C=O) groups excluding carboxylic acids is 1. The summed E-state index contributed by atoms with van der Waals surface area (Å²) >= 11 is 0. The van der Waals surface area contributed by atoms with Crippen LogP contribution in [0.15, 0.2) is 67.0 Å². The van der Waals surface area contributed by atoms with Crippen LogP contribution < -0.4 is 5.32 Å². The molecule has 1 fully saturated rings. The highest BCUT2D eigenvalue weighted by atomic mass is 19.1. The zero-order valence-corrected chi connectivity index (χ0v) is 14.9. The van der Waals surface area contributed by atoms with Crippen LogP contribution in [0.1, 0.15) is 17.7 Å². The van der Waals surface area contributed by atoms with E-state index in [1.54, 1.807) is 18.3 Å². The molecule has 0 spiro atoms. The lowest BCUT2D eigenvalue weighted by molar-refractivity contribution is -0.128. The van der Waals surface area contributed by atoms with Crippen molar-refractivity contribution < 1.29 is 9.18 Å². The number of nitrogens with zero attached hydrogens (tertiary/aromatic N) is 3. The second kappa shape index (κ2) is 7.72. The molecule has 0 radical (unpaired) electrons. The number of benzene rings is 1. The van der Waals surface area contributed by atoms with Crippen molar-refractivity contribution in [2.75, 3.05) is 6.54 Å². The predicted octanol–water partition coefficient (Wildman–Crippen LogP) is 2.90. The van der Waals surface area contributed by atoms with E-state index in [1.807, 2.05) is 39.9 Å². The second-order valence-electron chi connectivity index (χ2n) is 6.74. The summed E-state index contributed by atoms with van der Waals surface area (Å²) < 4.78 is 15.1. The van der Waals surface area contributed by atoms with Crippen molar-refractivity contribution in [2.45, 2.75) is 25.6 Å². The first kappa shape index (κ1) is 17.4. The molecule has 1 amide bonds. The molecule has 27 heavy (non-hydrogen) atoms. The van der Waals surface area contributed by atoms with Crippen LogP contribution in [0.5, 0.6) is 0 Å². The Hall–Kier alpha value is -2.99. The monoisotopic (exact) mass is 364 g/mol. The average molecular weight is 364 g/mol. The van der Waals surface area contributed by atoms with Crippen LogP contribution in [0.25, 0.3) is 5.82 Å². The van der Waals surface area contributed by atoms with Crippen LogP contribution in [0.2, 0.25) is 0 Å². The summed E-state index contributed by atoms with van der Waals surface area (Å²) in [6.45, 7) is 1.83. The molecule has 1 N–H and O–H groups in total. The summed E-state index contributed by atoms with van der Waals surface area (Å²) in [5.74, 6) is 0.735. The Labute approximate surface area is 157 Å². The minimum Gasteiger partial charge on any atom is -0.337 e. The number of hydrogen-bond acceptors (Lipinski definition) is 3. The number of amides is 1. The van der Waals surface area contributed by atoms with E-state index in [1.165, 1.54) is 12.1 Å². The highest BCUT2D eigenvalue weighted by molar-refractivity contribution is 5.79. The van der Waals surface area contributed by atoms with E-state index in [4.69, 9.17) is 0 Å². The molecule has 5 nitrogen and oxygen atoms in total. The van der Waals surface area contributed by atoms with Gasteiger partial charge in [-0.1, -0.05) is 18.2 Å². The van der Waals surface area contributed by atoms with Crippen molar-refractivity contribution >= 4 is 5.91 Å². The van der Waals surface area contributed by atoms with Gasteiger partial charge in [0.2, 0.25) is 5.91 Å². The first-order chi connectivity index (χ1) is 13.2. The Kier molecular flexibility index (Phi) is 4.98. The van der Waals surface area contributed by atoms with E-state index in [0.717, 1.165) is 17.1 Å². The molecular formula is C21H21FN4O. The molecule has 1 saturated heterocycles. The molecule has 0 saturated carbocycles. The number of aromatic nitrogens is 2. The van der Waals surface area contributed by atoms with Gasteiger partial charge in [0.1, 0.15) is 11.6 Å². The zero-order chi connectivity index (χ0) is 18.6. The molecule has 3 heterocycles. The van der Waals surface area contributed by atoms with Gasteiger partial charge in [0.15, 0.2) is 0 Å². The number of rotatable bonds is 6. The van der Waals surface area contributed by atoms with E-state index in [9.17, 15) is 9.18 Å². The Balaban J connectivity index is 1.36. The minimum atomic E-state index is -0.262. The van der Waals surface area contributed by atoms with Crippen LogP contribution in [-0.2, 0) is 17.9 Å². The van der Waals surface area contributed by atoms with Gasteiger partial charge in [-0.05, 0) is 42.0 Å². The number of pyridine rings is 1. The fourth-order valence-corrected chi connectivity index (χ4v) is 3.40. The van der Waals surface area contributed by atoms with E-state index in [2.05, 4.69) is 16.4 Å². The number of likely N-dealkylation sites (tertiary alicyclic amines) is 1. The maximum Gasteiger partial charge on any atom is 0.224 e. The quantitative estimate of drug-likeness (QED) is 0.732. The van der Waals surface area contributed by atoms with E-state index in [0.29, 0.717) is 26.1 Å². The lowest BCUT2D eigenvalue weighted by atomic mass is 10.2. The highest BCUT2D eigenvalue weighted by Crippen LogP contribution is 2.17. The van der Waals surface area contributed by atoms with E-state index < -0.39 is 0 Å². The molecule has 1 aromatic carbocycles. The summed E-state index contributed by atoms with van der Waals surface area (Å²) in [5.41, 5.74) is 2.03. The first-order valence-electron chi connectivity index (χ1n) is 9.02. The summed E-state index contributed by atoms with van der Waals surface area (Å²) in [6.07, 6.45) is 4.24. The summed E-state index contributed by atoms with van der Waals surface area (Å²) in [7, 11) is 0. The molecule has 0 aliphatic carbocycles. The number of nitrogens with one attached hydrogen (secondary N) is 1. The van der Waals surface area contributed by atoms with Gasteiger partial charge >= 0.3 is 0 Å². The van der Waals surface area contributed by atoms with Crippen LogP contribution in [0, 0.1) is 5.82 Å². The Morgan fingerprint density at radius 3 is 2.74 bits per heavy atom. The molecule has 0 bridgehead atoms. The lowest BCUT2D eigenvalue weighted by Crippen LogP contribution is -2.32. The maximum absolute atomic E-state index is 13.0. The van der Waals surface area contributed by atoms with Crippen molar-refractivity contribution in [3.63, 3.8) is 0 Å². The molecule has 2 aromatic heterocycles. The minimum absolute atomic E-state index is 0.102. The van der Waals surface area contributed by atoms with Gasteiger partial charge in [0.05, 0.1) is 0 Å². The zero-order valence-electron chi connectivity index (χ0n) is 14.9.